The Balaban J connectivity index is 2.57. The van der Waals surface area contributed by atoms with Gasteiger partial charge in [-0.2, -0.15) is 0 Å². The Hall–Kier alpha value is -0.610. The minimum absolute atomic E-state index is 0.132. The minimum Gasteiger partial charge on any atom is -0.465 e. The molecule has 1 rings (SSSR count). The van der Waals surface area contributed by atoms with E-state index in [0.29, 0.717) is 12.6 Å². The SMILES string of the molecule is CCNC(C)(CC(C)N(C)CC1CCCC1)C(=O)OCC. The monoisotopic (exact) mass is 298 g/mol. The van der Waals surface area contributed by atoms with Crippen LogP contribution >= 0.6 is 0 Å². The molecule has 1 aliphatic rings. The molecular weight excluding hydrogens is 264 g/mol. The highest BCUT2D eigenvalue weighted by Gasteiger charge is 2.36. The van der Waals surface area contributed by atoms with E-state index in [-0.39, 0.29) is 5.97 Å². The minimum atomic E-state index is -0.589. The predicted octanol–water partition coefficient (Wildman–Crippen LogP) is 2.82. The Morgan fingerprint density at radius 2 is 2.00 bits per heavy atom. The summed E-state index contributed by atoms with van der Waals surface area (Å²) < 4.78 is 5.25. The average molecular weight is 298 g/mol. The van der Waals surface area contributed by atoms with Crippen LogP contribution < -0.4 is 5.32 Å². The van der Waals surface area contributed by atoms with Gasteiger partial charge in [-0.3, -0.25) is 4.79 Å². The predicted molar refractivity (Wildman–Crippen MR) is 87.4 cm³/mol. The van der Waals surface area contributed by atoms with Crippen molar-refractivity contribution in [1.82, 2.24) is 10.2 Å². The largest absolute Gasteiger partial charge is 0.465 e. The summed E-state index contributed by atoms with van der Waals surface area (Å²) in [6.07, 6.45) is 6.26. The molecule has 1 aliphatic carbocycles. The molecule has 2 unspecified atom stereocenters. The molecule has 0 aromatic carbocycles. The molecule has 0 aliphatic heterocycles. The van der Waals surface area contributed by atoms with Crippen molar-refractivity contribution in [2.45, 2.75) is 71.4 Å². The molecule has 4 heteroatoms. The van der Waals surface area contributed by atoms with Crippen molar-refractivity contribution in [2.24, 2.45) is 5.92 Å². The fourth-order valence-electron chi connectivity index (χ4n) is 3.44. The Bertz CT molecular complexity index is 316. The van der Waals surface area contributed by atoms with Gasteiger partial charge in [0.15, 0.2) is 0 Å². The number of carbonyl (C=O) groups excluding carboxylic acids is 1. The van der Waals surface area contributed by atoms with Crippen LogP contribution in [0.1, 0.15) is 59.8 Å². The Morgan fingerprint density at radius 3 is 2.52 bits per heavy atom. The average Bonchev–Trinajstić information content (AvgIpc) is 2.92. The zero-order chi connectivity index (χ0) is 15.9. The summed E-state index contributed by atoms with van der Waals surface area (Å²) in [7, 11) is 2.18. The lowest BCUT2D eigenvalue weighted by atomic mass is 9.92. The number of likely N-dealkylation sites (N-methyl/N-ethyl adjacent to an activating group) is 1. The van der Waals surface area contributed by atoms with Gasteiger partial charge in [-0.1, -0.05) is 19.8 Å². The van der Waals surface area contributed by atoms with Crippen LogP contribution in [0.3, 0.4) is 0 Å². The summed E-state index contributed by atoms with van der Waals surface area (Å²) in [5, 5.41) is 3.32. The number of hydrogen-bond donors (Lipinski definition) is 1. The maximum atomic E-state index is 12.3. The second-order valence-electron chi connectivity index (χ2n) is 6.73. The molecule has 21 heavy (non-hydrogen) atoms. The number of esters is 1. The topological polar surface area (TPSA) is 41.6 Å². The molecule has 1 N–H and O–H groups in total. The molecule has 4 nitrogen and oxygen atoms in total. The van der Waals surface area contributed by atoms with Gasteiger partial charge < -0.3 is 15.0 Å². The lowest BCUT2D eigenvalue weighted by molar-refractivity contribution is -0.151. The zero-order valence-corrected chi connectivity index (χ0v) is 14.6. The van der Waals surface area contributed by atoms with E-state index in [2.05, 4.69) is 24.2 Å². The van der Waals surface area contributed by atoms with E-state index in [1.165, 1.54) is 25.7 Å². The van der Waals surface area contributed by atoms with Gasteiger partial charge in [0.1, 0.15) is 5.54 Å². The number of hydrogen-bond acceptors (Lipinski definition) is 4. The normalized spacial score (nSPS) is 20.5. The Labute approximate surface area is 130 Å². The van der Waals surface area contributed by atoms with E-state index in [1.807, 2.05) is 20.8 Å². The van der Waals surface area contributed by atoms with Crippen molar-refractivity contribution >= 4 is 5.97 Å². The van der Waals surface area contributed by atoms with Gasteiger partial charge in [0.2, 0.25) is 0 Å². The van der Waals surface area contributed by atoms with Crippen LogP contribution in [0, 0.1) is 5.92 Å². The van der Waals surface area contributed by atoms with Gasteiger partial charge >= 0.3 is 5.97 Å². The number of nitrogens with zero attached hydrogens (tertiary/aromatic N) is 1. The molecule has 124 valence electrons. The van der Waals surface area contributed by atoms with Crippen molar-refractivity contribution in [3.05, 3.63) is 0 Å². The quantitative estimate of drug-likeness (QED) is 0.665. The smallest absolute Gasteiger partial charge is 0.326 e. The standard InChI is InChI=1S/C17H34N2O2/c1-6-18-17(4,16(20)21-7-2)12-14(3)19(5)13-15-10-8-9-11-15/h14-15,18H,6-13H2,1-5H3. The Kier molecular flexibility index (Phi) is 7.67. The van der Waals surface area contributed by atoms with Crippen molar-refractivity contribution in [2.75, 3.05) is 26.7 Å². The van der Waals surface area contributed by atoms with Gasteiger partial charge in [-0.15, -0.1) is 0 Å². The fraction of sp³-hybridized carbons (Fsp3) is 0.941. The van der Waals surface area contributed by atoms with Gasteiger partial charge in [0.05, 0.1) is 6.61 Å². The molecule has 0 heterocycles. The number of nitrogens with one attached hydrogen (secondary N) is 1. The zero-order valence-electron chi connectivity index (χ0n) is 14.6. The van der Waals surface area contributed by atoms with Crippen LogP contribution in [0.25, 0.3) is 0 Å². The molecule has 0 amide bonds. The lowest BCUT2D eigenvalue weighted by Gasteiger charge is -2.35. The summed E-state index contributed by atoms with van der Waals surface area (Å²) >= 11 is 0. The first-order valence-electron chi connectivity index (χ1n) is 8.55. The molecule has 0 saturated heterocycles. The van der Waals surface area contributed by atoms with Crippen LogP contribution in [0.2, 0.25) is 0 Å². The highest BCUT2D eigenvalue weighted by Crippen LogP contribution is 2.26. The van der Waals surface area contributed by atoms with E-state index < -0.39 is 5.54 Å². The van der Waals surface area contributed by atoms with Gasteiger partial charge in [-0.25, -0.2) is 0 Å². The molecule has 0 radical (unpaired) electrons. The molecule has 0 aromatic rings. The van der Waals surface area contributed by atoms with Crippen molar-refractivity contribution in [3.63, 3.8) is 0 Å². The van der Waals surface area contributed by atoms with Gasteiger partial charge in [0.25, 0.3) is 0 Å². The van der Waals surface area contributed by atoms with Gasteiger partial charge in [0, 0.05) is 12.6 Å². The van der Waals surface area contributed by atoms with Crippen LogP contribution in [-0.4, -0.2) is 49.2 Å². The van der Waals surface area contributed by atoms with E-state index in [4.69, 9.17) is 4.74 Å². The summed E-state index contributed by atoms with van der Waals surface area (Å²) in [6, 6.07) is 0.360. The first-order chi connectivity index (χ1) is 9.92. The summed E-state index contributed by atoms with van der Waals surface area (Å²) in [5.41, 5.74) is -0.589. The van der Waals surface area contributed by atoms with Crippen molar-refractivity contribution in [3.8, 4) is 0 Å². The summed E-state index contributed by atoms with van der Waals surface area (Å²) in [5.74, 6) is 0.707. The summed E-state index contributed by atoms with van der Waals surface area (Å²) in [4.78, 5) is 14.7. The maximum absolute atomic E-state index is 12.3. The molecule has 1 fully saturated rings. The third-order valence-corrected chi connectivity index (χ3v) is 4.77. The Morgan fingerprint density at radius 1 is 1.38 bits per heavy atom. The van der Waals surface area contributed by atoms with E-state index >= 15 is 0 Å². The van der Waals surface area contributed by atoms with Crippen LogP contribution in [0.5, 0.6) is 0 Å². The second-order valence-corrected chi connectivity index (χ2v) is 6.73. The first kappa shape index (κ1) is 18.4. The third kappa shape index (κ3) is 5.59. The van der Waals surface area contributed by atoms with Crippen molar-refractivity contribution in [1.29, 1.82) is 0 Å². The van der Waals surface area contributed by atoms with Crippen LogP contribution in [0.15, 0.2) is 0 Å². The molecular formula is C17H34N2O2. The van der Waals surface area contributed by atoms with Crippen molar-refractivity contribution < 1.29 is 9.53 Å². The maximum Gasteiger partial charge on any atom is 0.326 e. The lowest BCUT2D eigenvalue weighted by Crippen LogP contribution is -2.54. The van der Waals surface area contributed by atoms with E-state index in [9.17, 15) is 4.79 Å². The van der Waals surface area contributed by atoms with Crippen LogP contribution in [-0.2, 0) is 9.53 Å². The molecule has 0 spiro atoms. The molecule has 1 saturated carbocycles. The summed E-state index contributed by atoms with van der Waals surface area (Å²) in [6.45, 7) is 10.4. The fourth-order valence-corrected chi connectivity index (χ4v) is 3.44. The highest BCUT2D eigenvalue weighted by molar-refractivity contribution is 5.80. The molecule has 2 atom stereocenters. The van der Waals surface area contributed by atoms with Crippen LogP contribution in [0.4, 0.5) is 0 Å². The van der Waals surface area contributed by atoms with Gasteiger partial charge in [-0.05, 0) is 59.5 Å². The highest BCUT2D eigenvalue weighted by atomic mass is 16.5. The first-order valence-corrected chi connectivity index (χ1v) is 8.55. The van der Waals surface area contributed by atoms with E-state index in [1.54, 1.807) is 0 Å². The number of rotatable bonds is 9. The number of ether oxygens (including phenoxy) is 1. The second kappa shape index (κ2) is 8.74. The number of carbonyl (C=O) groups is 1. The molecule has 0 bridgehead atoms. The van der Waals surface area contributed by atoms with E-state index in [0.717, 1.165) is 25.4 Å². The molecule has 0 aromatic heterocycles. The third-order valence-electron chi connectivity index (χ3n) is 4.77.